The van der Waals surface area contributed by atoms with E-state index >= 15 is 0 Å². The maximum atomic E-state index is 11.3. The van der Waals surface area contributed by atoms with Gasteiger partial charge in [0.25, 0.3) is 0 Å². The Balaban J connectivity index is 1.86. The molecule has 4 nitrogen and oxygen atoms in total. The quantitative estimate of drug-likeness (QED) is 0.926. The fourth-order valence-corrected chi connectivity index (χ4v) is 3.78. The second-order valence-electron chi connectivity index (χ2n) is 6.02. The zero-order valence-corrected chi connectivity index (χ0v) is 12.3. The Hall–Kier alpha value is -1.39. The number of ether oxygens (including phenoxy) is 1. The molecular weight excluding hydrogens is 266 g/mol. The number of hydrogen-bond acceptors (Lipinski definition) is 3. The molecule has 1 saturated heterocycles. The predicted molar refractivity (Wildman–Crippen MR) is 80.1 cm³/mol. The predicted octanol–water partition coefficient (Wildman–Crippen LogP) is 2.85. The summed E-state index contributed by atoms with van der Waals surface area (Å²) in [6.07, 6.45) is 5.11. The second-order valence-corrected chi connectivity index (χ2v) is 6.02. The van der Waals surface area contributed by atoms with E-state index in [0.717, 1.165) is 24.9 Å². The van der Waals surface area contributed by atoms with E-state index in [9.17, 15) is 9.90 Å². The molecule has 0 aromatic heterocycles. The van der Waals surface area contributed by atoms with Crippen molar-refractivity contribution < 1.29 is 14.6 Å². The molecule has 1 N–H and O–H groups in total. The van der Waals surface area contributed by atoms with Crippen molar-refractivity contribution in [3.05, 3.63) is 35.9 Å². The molecule has 2 fully saturated rings. The number of nitrogens with zero attached hydrogens (tertiary/aromatic N) is 1. The Labute approximate surface area is 125 Å². The third-order valence-electron chi connectivity index (χ3n) is 4.73. The lowest BCUT2D eigenvalue weighted by Gasteiger charge is -2.47. The van der Waals surface area contributed by atoms with Crippen LogP contribution in [0.15, 0.2) is 30.3 Å². The van der Waals surface area contributed by atoms with Crippen molar-refractivity contribution in [3.8, 4) is 0 Å². The van der Waals surface area contributed by atoms with Crippen LogP contribution in [-0.4, -0.2) is 41.3 Å². The lowest BCUT2D eigenvalue weighted by Crippen LogP contribution is -2.54. The molecule has 2 aliphatic rings. The number of carboxylic acid groups (broad SMARTS) is 1. The van der Waals surface area contributed by atoms with Crippen molar-refractivity contribution in [1.82, 2.24) is 4.90 Å². The van der Waals surface area contributed by atoms with Gasteiger partial charge in [0.05, 0.1) is 19.1 Å². The SMILES string of the molecule is O=C(O)CC(c1ccccc1)N1CCOC2CCCCC21. The summed E-state index contributed by atoms with van der Waals surface area (Å²) in [7, 11) is 0. The van der Waals surface area contributed by atoms with Crippen LogP contribution in [0.25, 0.3) is 0 Å². The van der Waals surface area contributed by atoms with Crippen LogP contribution in [0.1, 0.15) is 43.7 Å². The Morgan fingerprint density at radius 1 is 1.29 bits per heavy atom. The van der Waals surface area contributed by atoms with E-state index in [0.29, 0.717) is 12.6 Å². The van der Waals surface area contributed by atoms with Crippen LogP contribution >= 0.6 is 0 Å². The molecule has 3 unspecified atom stereocenters. The van der Waals surface area contributed by atoms with Gasteiger partial charge in [-0.05, 0) is 18.4 Å². The van der Waals surface area contributed by atoms with E-state index in [-0.39, 0.29) is 18.6 Å². The first-order valence-electron chi connectivity index (χ1n) is 7.90. The molecule has 0 amide bonds. The third kappa shape index (κ3) is 3.27. The van der Waals surface area contributed by atoms with Gasteiger partial charge in [-0.1, -0.05) is 43.2 Å². The van der Waals surface area contributed by atoms with E-state index in [4.69, 9.17) is 4.74 Å². The number of carbonyl (C=O) groups is 1. The monoisotopic (exact) mass is 289 g/mol. The van der Waals surface area contributed by atoms with E-state index in [1.54, 1.807) is 0 Å². The minimum atomic E-state index is -0.734. The summed E-state index contributed by atoms with van der Waals surface area (Å²) in [4.78, 5) is 13.7. The van der Waals surface area contributed by atoms with Gasteiger partial charge < -0.3 is 9.84 Å². The Morgan fingerprint density at radius 3 is 2.81 bits per heavy atom. The lowest BCUT2D eigenvalue weighted by molar-refractivity contribution is -0.142. The molecule has 0 spiro atoms. The molecule has 1 aromatic rings. The van der Waals surface area contributed by atoms with E-state index in [2.05, 4.69) is 4.90 Å². The zero-order valence-electron chi connectivity index (χ0n) is 12.3. The first kappa shape index (κ1) is 14.5. The van der Waals surface area contributed by atoms with Crippen LogP contribution in [0.4, 0.5) is 0 Å². The van der Waals surface area contributed by atoms with Crippen LogP contribution in [0.3, 0.4) is 0 Å². The van der Waals surface area contributed by atoms with Crippen molar-refractivity contribution in [3.63, 3.8) is 0 Å². The van der Waals surface area contributed by atoms with E-state index in [1.165, 1.54) is 12.8 Å². The van der Waals surface area contributed by atoms with Crippen molar-refractivity contribution in [2.24, 2.45) is 0 Å². The summed E-state index contributed by atoms with van der Waals surface area (Å²) >= 11 is 0. The van der Waals surface area contributed by atoms with Gasteiger partial charge in [0, 0.05) is 18.6 Å². The molecule has 3 atom stereocenters. The summed E-state index contributed by atoms with van der Waals surface area (Å²) in [6, 6.07) is 10.4. The molecular formula is C17H23NO3. The van der Waals surface area contributed by atoms with Gasteiger partial charge in [-0.15, -0.1) is 0 Å². The van der Waals surface area contributed by atoms with Gasteiger partial charge in [0.15, 0.2) is 0 Å². The molecule has 3 rings (SSSR count). The van der Waals surface area contributed by atoms with E-state index < -0.39 is 5.97 Å². The van der Waals surface area contributed by atoms with Gasteiger partial charge in [-0.2, -0.15) is 0 Å². The third-order valence-corrected chi connectivity index (χ3v) is 4.73. The van der Waals surface area contributed by atoms with Crippen LogP contribution in [-0.2, 0) is 9.53 Å². The number of rotatable bonds is 4. The molecule has 114 valence electrons. The standard InChI is InChI=1S/C17H23NO3/c19-17(20)12-15(13-6-2-1-3-7-13)18-10-11-21-16-9-5-4-8-14(16)18/h1-3,6-7,14-16H,4-5,8-12H2,(H,19,20). The van der Waals surface area contributed by atoms with Gasteiger partial charge in [-0.25, -0.2) is 0 Å². The Morgan fingerprint density at radius 2 is 2.05 bits per heavy atom. The highest BCUT2D eigenvalue weighted by molar-refractivity contribution is 5.68. The minimum absolute atomic E-state index is 0.0433. The fraction of sp³-hybridized carbons (Fsp3) is 0.588. The maximum Gasteiger partial charge on any atom is 0.305 e. The van der Waals surface area contributed by atoms with Crippen molar-refractivity contribution >= 4 is 5.97 Å². The molecule has 0 bridgehead atoms. The van der Waals surface area contributed by atoms with E-state index in [1.807, 2.05) is 30.3 Å². The number of hydrogen-bond donors (Lipinski definition) is 1. The Bertz CT molecular complexity index is 474. The largest absolute Gasteiger partial charge is 0.481 e. The number of aliphatic carboxylic acids is 1. The summed E-state index contributed by atoms with van der Waals surface area (Å²) in [5.74, 6) is -0.734. The maximum absolute atomic E-state index is 11.3. The Kier molecular flexibility index (Phi) is 4.56. The number of carboxylic acids is 1. The molecule has 0 radical (unpaired) electrons. The molecule has 1 aliphatic carbocycles. The van der Waals surface area contributed by atoms with Crippen molar-refractivity contribution in [1.29, 1.82) is 0 Å². The summed E-state index contributed by atoms with van der Waals surface area (Å²) in [5, 5.41) is 9.31. The fourth-order valence-electron chi connectivity index (χ4n) is 3.78. The summed E-state index contributed by atoms with van der Waals surface area (Å²) in [5.41, 5.74) is 1.10. The molecule has 1 saturated carbocycles. The normalized spacial score (nSPS) is 27.8. The molecule has 1 aliphatic heterocycles. The van der Waals surface area contributed by atoms with Crippen LogP contribution in [0.5, 0.6) is 0 Å². The number of morpholine rings is 1. The average molecular weight is 289 g/mol. The summed E-state index contributed by atoms with van der Waals surface area (Å²) < 4.78 is 5.91. The molecule has 1 heterocycles. The number of fused-ring (bicyclic) bond motifs is 1. The van der Waals surface area contributed by atoms with Crippen molar-refractivity contribution in [2.45, 2.75) is 50.3 Å². The highest BCUT2D eigenvalue weighted by Gasteiger charge is 2.38. The van der Waals surface area contributed by atoms with Crippen LogP contribution in [0, 0.1) is 0 Å². The zero-order chi connectivity index (χ0) is 14.7. The van der Waals surface area contributed by atoms with Gasteiger partial charge in [-0.3, -0.25) is 9.69 Å². The summed E-state index contributed by atoms with van der Waals surface area (Å²) in [6.45, 7) is 1.54. The molecule has 4 heteroatoms. The topological polar surface area (TPSA) is 49.8 Å². The first-order chi connectivity index (χ1) is 10.3. The minimum Gasteiger partial charge on any atom is -0.481 e. The second kappa shape index (κ2) is 6.58. The average Bonchev–Trinajstić information content (AvgIpc) is 2.53. The van der Waals surface area contributed by atoms with Gasteiger partial charge in [0.2, 0.25) is 0 Å². The van der Waals surface area contributed by atoms with Gasteiger partial charge in [0.1, 0.15) is 0 Å². The van der Waals surface area contributed by atoms with Gasteiger partial charge >= 0.3 is 5.97 Å². The highest BCUT2D eigenvalue weighted by atomic mass is 16.5. The molecule has 1 aromatic carbocycles. The van der Waals surface area contributed by atoms with Crippen molar-refractivity contribution in [2.75, 3.05) is 13.2 Å². The first-order valence-corrected chi connectivity index (χ1v) is 7.90. The molecule has 21 heavy (non-hydrogen) atoms. The number of benzene rings is 1. The van der Waals surface area contributed by atoms with Crippen LogP contribution in [0.2, 0.25) is 0 Å². The van der Waals surface area contributed by atoms with Crippen LogP contribution < -0.4 is 0 Å². The highest BCUT2D eigenvalue weighted by Crippen LogP contribution is 2.35. The lowest BCUT2D eigenvalue weighted by atomic mass is 9.87. The smallest absolute Gasteiger partial charge is 0.305 e.